The van der Waals surface area contributed by atoms with Crippen molar-refractivity contribution in [3.8, 4) is 22.3 Å². The number of halogens is 1. The highest BCUT2D eigenvalue weighted by molar-refractivity contribution is 7.91. The second kappa shape index (κ2) is 17.0. The van der Waals surface area contributed by atoms with Crippen LogP contribution in [-0.2, 0) is 24.4 Å². The number of carbonyl (C=O) groups excluding carboxylic acids is 3. The van der Waals surface area contributed by atoms with E-state index in [2.05, 4.69) is 29.2 Å². The molecule has 318 valence electrons. The number of allylic oxidation sites excluding steroid dienone is 1. The summed E-state index contributed by atoms with van der Waals surface area (Å²) in [6, 6.07) is 11.1. The van der Waals surface area contributed by atoms with Crippen LogP contribution in [0.25, 0.3) is 21.5 Å². The van der Waals surface area contributed by atoms with Crippen molar-refractivity contribution in [2.24, 2.45) is 5.92 Å². The minimum absolute atomic E-state index is 0.0611. The van der Waals surface area contributed by atoms with E-state index in [0.29, 0.717) is 47.3 Å². The highest BCUT2D eigenvalue weighted by Crippen LogP contribution is 2.46. The van der Waals surface area contributed by atoms with Gasteiger partial charge in [-0.3, -0.25) is 19.1 Å². The van der Waals surface area contributed by atoms with Crippen molar-refractivity contribution < 1.29 is 32.3 Å². The molecule has 60 heavy (non-hydrogen) atoms. The molecule has 2 aromatic carbocycles. The van der Waals surface area contributed by atoms with Crippen LogP contribution in [-0.4, -0.2) is 83.6 Å². The summed E-state index contributed by atoms with van der Waals surface area (Å²) in [4.78, 5) is 54.9. The molecule has 4 aromatic rings. The Balaban J connectivity index is 1.15. The van der Waals surface area contributed by atoms with Gasteiger partial charge in [0.25, 0.3) is 5.91 Å². The highest BCUT2D eigenvalue weighted by atomic mass is 35.5. The van der Waals surface area contributed by atoms with Gasteiger partial charge in [-0.1, -0.05) is 50.4 Å². The van der Waals surface area contributed by atoms with Crippen LogP contribution in [0.5, 0.6) is 11.6 Å². The van der Waals surface area contributed by atoms with Gasteiger partial charge in [0.2, 0.25) is 27.7 Å². The minimum Gasteiger partial charge on any atom is -0.496 e. The number of sulfonamides is 1. The SMILES string of the molecule is COc1ccc2c(O[C@@H]3C[C@H]4C(=O)N[C@]5(C(=O)NS(=O)(=O)C6CC6)C[C@H]5C=CCCCCC[C@H](Nc5ccc(Cl)cc5)C(=O)N4C3)nc(-c3nc(C(C)C)cs3)cc2c1C. The molecule has 0 spiro atoms. The Morgan fingerprint density at radius 3 is 2.55 bits per heavy atom. The van der Waals surface area contributed by atoms with Crippen LogP contribution < -0.4 is 24.8 Å². The van der Waals surface area contributed by atoms with Crippen molar-refractivity contribution in [2.75, 3.05) is 19.0 Å². The topological polar surface area (TPSA) is 169 Å². The van der Waals surface area contributed by atoms with Gasteiger partial charge in [0.1, 0.15) is 40.2 Å². The number of aromatic nitrogens is 2. The Morgan fingerprint density at radius 2 is 1.83 bits per heavy atom. The van der Waals surface area contributed by atoms with E-state index in [9.17, 15) is 22.8 Å². The first-order chi connectivity index (χ1) is 28.8. The summed E-state index contributed by atoms with van der Waals surface area (Å²) >= 11 is 7.70. The Labute approximate surface area is 359 Å². The summed E-state index contributed by atoms with van der Waals surface area (Å²) < 4.78 is 40.7. The fraction of sp³-hybridized carbons (Fsp3) is 0.477. The number of benzene rings is 2. The molecule has 2 aromatic heterocycles. The minimum atomic E-state index is -3.89. The number of anilines is 1. The molecule has 3 N–H and O–H groups in total. The van der Waals surface area contributed by atoms with Crippen LogP contribution in [0.3, 0.4) is 0 Å². The molecular formula is C44H51ClN6O7S2. The van der Waals surface area contributed by atoms with Crippen molar-refractivity contribution in [1.29, 1.82) is 0 Å². The Morgan fingerprint density at radius 1 is 1.05 bits per heavy atom. The number of amides is 3. The van der Waals surface area contributed by atoms with Gasteiger partial charge in [0.05, 0.1) is 24.6 Å². The van der Waals surface area contributed by atoms with E-state index in [-0.39, 0.29) is 31.2 Å². The predicted octanol–water partition coefficient (Wildman–Crippen LogP) is 7.28. The van der Waals surface area contributed by atoms with Gasteiger partial charge in [0.15, 0.2) is 0 Å². The van der Waals surface area contributed by atoms with Gasteiger partial charge in [-0.2, -0.15) is 0 Å². The lowest BCUT2D eigenvalue weighted by atomic mass is 10.0. The average Bonchev–Trinajstić information content (AvgIpc) is 4.10. The standard InChI is InChI=1S/C44H51ClN6O7S2/c1-25(2)36-24-59-41(48-36)35-21-33-26(3)38(57-4)19-18-32(33)40(47-35)58-30-20-37-39(52)49-44(43(54)50-60(55,56)31-16-17-31)22-27(44)10-8-6-5-7-9-11-34(42(53)51(37)23-30)46-29-14-12-28(45)13-15-29/h8,10,12-15,18-19,21,24-25,27,30-31,34,37,46H,5-7,9,11,16-17,20,22-23H2,1-4H3,(H,49,52)(H,50,54)/t27-,30-,34+,37+,44-/m1/s1. The van der Waals surface area contributed by atoms with Crippen LogP contribution in [0.4, 0.5) is 5.69 Å². The maximum atomic E-state index is 14.9. The molecular weight excluding hydrogens is 824 g/mol. The Kier molecular flexibility index (Phi) is 11.9. The number of hydrogen-bond acceptors (Lipinski definition) is 11. The monoisotopic (exact) mass is 874 g/mol. The van der Waals surface area contributed by atoms with Crippen molar-refractivity contribution in [2.45, 2.75) is 113 Å². The normalized spacial score (nSPS) is 24.9. The number of methoxy groups -OCH3 is 1. The average molecular weight is 876 g/mol. The van der Waals surface area contributed by atoms with Crippen molar-refractivity contribution in [1.82, 2.24) is 24.9 Å². The number of aryl methyl sites for hydroxylation is 1. The maximum absolute atomic E-state index is 14.9. The first-order valence-electron chi connectivity index (χ1n) is 20.7. The van der Waals surface area contributed by atoms with E-state index in [0.717, 1.165) is 52.7 Å². The van der Waals surface area contributed by atoms with Gasteiger partial charge in [-0.05, 0) is 105 Å². The molecule has 3 fully saturated rings. The van der Waals surface area contributed by atoms with Crippen molar-refractivity contribution >= 4 is 67.1 Å². The second-order valence-electron chi connectivity index (χ2n) is 16.7. The summed E-state index contributed by atoms with van der Waals surface area (Å²) in [5.74, 6) is -0.736. The zero-order valence-corrected chi connectivity index (χ0v) is 36.6. The van der Waals surface area contributed by atoms with Crippen LogP contribution in [0, 0.1) is 12.8 Å². The summed E-state index contributed by atoms with van der Waals surface area (Å²) in [5.41, 5.74) is 1.71. The molecule has 2 saturated carbocycles. The molecule has 2 aliphatic carbocycles. The van der Waals surface area contributed by atoms with Crippen molar-refractivity contribution in [3.05, 3.63) is 76.3 Å². The number of hydrogen-bond donors (Lipinski definition) is 3. The number of thiazole rings is 1. The molecule has 4 heterocycles. The smallest absolute Gasteiger partial charge is 0.259 e. The lowest BCUT2D eigenvalue weighted by Gasteiger charge is -2.30. The van der Waals surface area contributed by atoms with Gasteiger partial charge in [-0.15, -0.1) is 11.3 Å². The molecule has 13 nitrogen and oxygen atoms in total. The van der Waals surface area contributed by atoms with Crippen LogP contribution in [0.15, 0.2) is 60.0 Å². The number of nitrogens with zero attached hydrogens (tertiary/aromatic N) is 3. The fourth-order valence-electron chi connectivity index (χ4n) is 8.26. The van der Waals surface area contributed by atoms with Crippen LogP contribution in [0.1, 0.15) is 88.8 Å². The molecule has 16 heteroatoms. The fourth-order valence-corrected chi connectivity index (χ4v) is 10.7. The maximum Gasteiger partial charge on any atom is 0.259 e. The number of rotatable bonds is 10. The third-order valence-electron chi connectivity index (χ3n) is 12.1. The quantitative estimate of drug-likeness (QED) is 0.138. The van der Waals surface area contributed by atoms with Gasteiger partial charge >= 0.3 is 0 Å². The van der Waals surface area contributed by atoms with E-state index in [1.165, 1.54) is 11.3 Å². The van der Waals surface area contributed by atoms with Crippen LogP contribution >= 0.6 is 22.9 Å². The summed E-state index contributed by atoms with van der Waals surface area (Å²) in [6.45, 7) is 6.21. The predicted molar refractivity (Wildman–Crippen MR) is 233 cm³/mol. The first-order valence-corrected chi connectivity index (χ1v) is 23.5. The molecule has 3 amide bonds. The van der Waals surface area contributed by atoms with Gasteiger partial charge in [0, 0.05) is 33.8 Å². The van der Waals surface area contributed by atoms with E-state index < -0.39 is 56.7 Å². The highest BCUT2D eigenvalue weighted by Gasteiger charge is 2.62. The van der Waals surface area contributed by atoms with E-state index in [1.807, 2.05) is 54.8 Å². The summed E-state index contributed by atoms with van der Waals surface area (Å²) in [5, 5.41) is 10.7. The number of ether oxygens (including phenoxy) is 2. The number of fused-ring (bicyclic) bond motifs is 3. The molecule has 0 radical (unpaired) electrons. The molecule has 0 bridgehead atoms. The van der Waals surface area contributed by atoms with Gasteiger partial charge in [-0.25, -0.2) is 18.4 Å². The lowest BCUT2D eigenvalue weighted by molar-refractivity contribution is -0.140. The van der Waals surface area contributed by atoms with E-state index in [1.54, 1.807) is 24.1 Å². The Bertz CT molecular complexity index is 2440. The molecule has 4 aliphatic rings. The molecule has 0 unspecified atom stereocenters. The zero-order valence-electron chi connectivity index (χ0n) is 34.2. The lowest BCUT2D eigenvalue weighted by Crippen LogP contribution is -2.57. The van der Waals surface area contributed by atoms with E-state index >= 15 is 0 Å². The molecule has 5 atom stereocenters. The molecule has 1 saturated heterocycles. The van der Waals surface area contributed by atoms with Crippen LogP contribution in [0.2, 0.25) is 5.02 Å². The van der Waals surface area contributed by atoms with Gasteiger partial charge < -0.3 is 25.0 Å². The largest absolute Gasteiger partial charge is 0.496 e. The molecule has 8 rings (SSSR count). The number of pyridine rings is 1. The first kappa shape index (κ1) is 42.0. The third kappa shape index (κ3) is 8.71. The molecule has 2 aliphatic heterocycles. The Hall–Kier alpha value is -4.73. The van der Waals surface area contributed by atoms with E-state index in [4.69, 9.17) is 31.0 Å². The second-order valence-corrected chi connectivity index (χ2v) is 20.0. The number of carbonyl (C=O) groups is 3. The zero-order chi connectivity index (χ0) is 42.3. The number of nitrogens with one attached hydrogen (secondary N) is 3. The summed E-state index contributed by atoms with van der Waals surface area (Å²) in [6.07, 6.45) is 8.27. The third-order valence-corrected chi connectivity index (χ3v) is 15.0. The summed E-state index contributed by atoms with van der Waals surface area (Å²) in [7, 11) is -2.26. The van der Waals surface area contributed by atoms with Crippen molar-refractivity contribution in [3.63, 3.8) is 0 Å².